The van der Waals surface area contributed by atoms with Crippen LogP contribution in [0, 0.1) is 6.92 Å². The molecule has 1 aliphatic rings. The maximum atomic E-state index is 12.8. The molecule has 2 atom stereocenters. The van der Waals surface area contributed by atoms with E-state index in [2.05, 4.69) is 23.7 Å². The van der Waals surface area contributed by atoms with E-state index in [4.69, 9.17) is 4.74 Å². The Hall–Kier alpha value is -2.18. The van der Waals surface area contributed by atoms with E-state index in [0.29, 0.717) is 30.5 Å². The second-order valence-corrected chi connectivity index (χ2v) is 8.30. The van der Waals surface area contributed by atoms with Crippen LogP contribution in [0.5, 0.6) is 0 Å². The zero-order valence-corrected chi connectivity index (χ0v) is 18.0. The number of aromatic nitrogens is 1. The van der Waals surface area contributed by atoms with Gasteiger partial charge in [-0.15, -0.1) is 0 Å². The van der Waals surface area contributed by atoms with E-state index >= 15 is 0 Å². The van der Waals surface area contributed by atoms with Crippen molar-refractivity contribution in [2.45, 2.75) is 52.1 Å². The summed E-state index contributed by atoms with van der Waals surface area (Å²) in [6.07, 6.45) is 1.84. The highest BCUT2D eigenvalue weighted by Gasteiger charge is 2.31. The molecule has 1 saturated heterocycles. The first kappa shape index (κ1) is 21.5. The summed E-state index contributed by atoms with van der Waals surface area (Å²) in [5.41, 5.74) is 2.53. The molecule has 158 valence electrons. The lowest BCUT2D eigenvalue weighted by Gasteiger charge is -2.44. The van der Waals surface area contributed by atoms with Crippen LogP contribution in [-0.2, 0) is 16.0 Å². The minimum Gasteiger partial charge on any atom is -0.385 e. The van der Waals surface area contributed by atoms with Gasteiger partial charge in [-0.05, 0) is 56.7 Å². The number of hydrogen-bond acceptors (Lipinski definition) is 4. The van der Waals surface area contributed by atoms with E-state index in [-0.39, 0.29) is 11.5 Å². The smallest absolute Gasteiger partial charge is 0.251 e. The molecule has 1 fully saturated rings. The number of methoxy groups -OCH3 is 1. The third-order valence-corrected chi connectivity index (χ3v) is 5.91. The molecule has 2 aromatic rings. The van der Waals surface area contributed by atoms with E-state index in [1.807, 2.05) is 36.1 Å². The monoisotopic (exact) mass is 399 g/mol. The van der Waals surface area contributed by atoms with Crippen molar-refractivity contribution >= 4 is 16.8 Å². The molecule has 0 spiro atoms. The van der Waals surface area contributed by atoms with Crippen LogP contribution in [0.3, 0.4) is 0 Å². The first-order valence-corrected chi connectivity index (χ1v) is 10.5. The van der Waals surface area contributed by atoms with Gasteiger partial charge in [-0.25, -0.2) is 0 Å². The Labute approximate surface area is 172 Å². The molecular weight excluding hydrogens is 366 g/mol. The summed E-state index contributed by atoms with van der Waals surface area (Å²) in [6.45, 7) is 9.59. The lowest BCUT2D eigenvalue weighted by Crippen LogP contribution is -2.58. The Morgan fingerprint density at radius 3 is 2.62 bits per heavy atom. The molecule has 6 nitrogen and oxygen atoms in total. The number of aryl methyl sites for hydroxylation is 2. The fraction of sp³-hybridized carbons (Fsp3) is 0.565. The van der Waals surface area contributed by atoms with Crippen molar-refractivity contribution in [3.05, 3.63) is 45.7 Å². The van der Waals surface area contributed by atoms with Crippen LogP contribution in [0.25, 0.3) is 10.9 Å². The zero-order chi connectivity index (χ0) is 21.0. The number of amides is 1. The molecule has 0 saturated carbocycles. The fourth-order valence-corrected chi connectivity index (χ4v) is 4.34. The molecule has 2 unspecified atom stereocenters. The van der Waals surface area contributed by atoms with Gasteiger partial charge in [0.1, 0.15) is 0 Å². The van der Waals surface area contributed by atoms with Crippen molar-refractivity contribution in [3.8, 4) is 0 Å². The van der Waals surface area contributed by atoms with Gasteiger partial charge >= 0.3 is 0 Å². The Kier molecular flexibility index (Phi) is 7.09. The Balaban J connectivity index is 1.60. The second kappa shape index (κ2) is 9.55. The number of carbonyl (C=O) groups excluding carboxylic acids is 1. The predicted octanol–water partition coefficient (Wildman–Crippen LogP) is 2.73. The van der Waals surface area contributed by atoms with Crippen molar-refractivity contribution in [3.63, 3.8) is 0 Å². The maximum Gasteiger partial charge on any atom is 0.251 e. The summed E-state index contributed by atoms with van der Waals surface area (Å²) in [6, 6.07) is 8.59. The van der Waals surface area contributed by atoms with Gasteiger partial charge in [0.15, 0.2) is 0 Å². The summed E-state index contributed by atoms with van der Waals surface area (Å²) in [5.74, 6) is 0.128. The highest BCUT2D eigenvalue weighted by molar-refractivity contribution is 5.80. The number of rotatable bonds is 7. The number of hydrogen-bond donors (Lipinski definition) is 1. The van der Waals surface area contributed by atoms with Gasteiger partial charge in [0.2, 0.25) is 5.91 Å². The Bertz CT molecular complexity index is 896. The summed E-state index contributed by atoms with van der Waals surface area (Å²) in [5, 5.41) is 1.00. The van der Waals surface area contributed by atoms with Crippen molar-refractivity contribution in [1.82, 2.24) is 14.8 Å². The lowest BCUT2D eigenvalue weighted by molar-refractivity contribution is -0.135. The SMILES string of the molecule is COCCCN1C(C)CN(C(=O)CCc2cc3ccc(C)cc3[nH]c2=O)CC1C. The molecule has 0 aliphatic carbocycles. The van der Waals surface area contributed by atoms with Crippen molar-refractivity contribution in [2.75, 3.05) is 33.4 Å². The van der Waals surface area contributed by atoms with Crippen molar-refractivity contribution < 1.29 is 9.53 Å². The summed E-state index contributed by atoms with van der Waals surface area (Å²) in [4.78, 5) is 32.6. The largest absolute Gasteiger partial charge is 0.385 e. The number of piperazine rings is 1. The van der Waals surface area contributed by atoms with Gasteiger partial charge in [0, 0.05) is 62.9 Å². The number of ether oxygens (including phenoxy) is 1. The molecule has 1 N–H and O–H groups in total. The molecule has 1 amide bonds. The van der Waals surface area contributed by atoms with Gasteiger partial charge in [-0.3, -0.25) is 14.5 Å². The molecule has 1 aromatic carbocycles. The second-order valence-electron chi connectivity index (χ2n) is 8.30. The number of benzene rings is 1. The molecule has 1 aromatic heterocycles. The number of fused-ring (bicyclic) bond motifs is 1. The minimum atomic E-state index is -0.0967. The topological polar surface area (TPSA) is 65.6 Å². The summed E-state index contributed by atoms with van der Waals surface area (Å²) in [7, 11) is 1.73. The van der Waals surface area contributed by atoms with Gasteiger partial charge in [-0.2, -0.15) is 0 Å². The first-order chi connectivity index (χ1) is 13.9. The molecule has 1 aliphatic heterocycles. The first-order valence-electron chi connectivity index (χ1n) is 10.5. The Morgan fingerprint density at radius 2 is 1.93 bits per heavy atom. The third kappa shape index (κ3) is 5.25. The van der Waals surface area contributed by atoms with Gasteiger partial charge in [0.25, 0.3) is 5.56 Å². The number of nitrogens with one attached hydrogen (secondary N) is 1. The standard InChI is InChI=1S/C23H33N3O3/c1-16-6-7-19-13-20(23(28)24-21(19)12-16)8-9-22(27)25-14-17(2)26(18(3)15-25)10-5-11-29-4/h6-7,12-13,17-18H,5,8-11,14-15H2,1-4H3,(H,24,28). The number of aromatic amines is 1. The van der Waals surface area contributed by atoms with Crippen LogP contribution < -0.4 is 5.56 Å². The van der Waals surface area contributed by atoms with Crippen LogP contribution in [0.1, 0.15) is 37.8 Å². The molecule has 2 heterocycles. The van der Waals surface area contributed by atoms with Gasteiger partial charge in [0.05, 0.1) is 0 Å². The highest BCUT2D eigenvalue weighted by Crippen LogP contribution is 2.18. The third-order valence-electron chi connectivity index (χ3n) is 5.91. The zero-order valence-electron chi connectivity index (χ0n) is 18.0. The minimum absolute atomic E-state index is 0.0967. The Morgan fingerprint density at radius 1 is 1.21 bits per heavy atom. The molecule has 0 radical (unpaired) electrons. The van der Waals surface area contributed by atoms with Crippen LogP contribution in [0.4, 0.5) is 0 Å². The average molecular weight is 400 g/mol. The maximum absolute atomic E-state index is 12.8. The molecular formula is C23H33N3O3. The lowest BCUT2D eigenvalue weighted by atomic mass is 10.0. The predicted molar refractivity (Wildman–Crippen MR) is 116 cm³/mol. The molecule has 6 heteroatoms. The van der Waals surface area contributed by atoms with E-state index in [0.717, 1.165) is 49.1 Å². The highest BCUT2D eigenvalue weighted by atomic mass is 16.5. The van der Waals surface area contributed by atoms with Crippen molar-refractivity contribution in [1.29, 1.82) is 0 Å². The van der Waals surface area contributed by atoms with Crippen molar-refractivity contribution in [2.24, 2.45) is 0 Å². The van der Waals surface area contributed by atoms with Crippen LogP contribution in [0.2, 0.25) is 0 Å². The number of pyridine rings is 1. The summed E-state index contributed by atoms with van der Waals surface area (Å²) < 4.78 is 5.16. The van der Waals surface area contributed by atoms with Gasteiger partial charge in [-0.1, -0.05) is 12.1 Å². The quantitative estimate of drug-likeness (QED) is 0.727. The average Bonchev–Trinajstić information content (AvgIpc) is 2.68. The molecule has 3 rings (SSSR count). The van der Waals surface area contributed by atoms with Crippen LogP contribution in [0.15, 0.2) is 29.1 Å². The van der Waals surface area contributed by atoms with E-state index < -0.39 is 0 Å². The van der Waals surface area contributed by atoms with E-state index in [1.165, 1.54) is 0 Å². The fourth-order valence-electron chi connectivity index (χ4n) is 4.34. The number of carbonyl (C=O) groups is 1. The van der Waals surface area contributed by atoms with Crippen LogP contribution in [-0.4, -0.2) is 66.1 Å². The molecule has 0 bridgehead atoms. The van der Waals surface area contributed by atoms with Gasteiger partial charge < -0.3 is 14.6 Å². The number of H-pyrrole nitrogens is 1. The van der Waals surface area contributed by atoms with Crippen LogP contribution >= 0.6 is 0 Å². The molecule has 29 heavy (non-hydrogen) atoms. The summed E-state index contributed by atoms with van der Waals surface area (Å²) >= 11 is 0. The van der Waals surface area contributed by atoms with E-state index in [9.17, 15) is 9.59 Å². The normalized spacial score (nSPS) is 20.3. The van der Waals surface area contributed by atoms with E-state index in [1.54, 1.807) is 7.11 Å². The number of nitrogens with zero attached hydrogens (tertiary/aromatic N) is 2.